The van der Waals surface area contributed by atoms with Gasteiger partial charge in [-0.2, -0.15) is 0 Å². The molecule has 2 saturated heterocycles. The molecule has 4 rings (SSSR count). The molecule has 0 spiro atoms. The Balaban J connectivity index is 1.38. The molecule has 1 N–H and O–H groups in total. The number of thioether (sulfide) groups is 1. The van der Waals surface area contributed by atoms with Gasteiger partial charge >= 0.3 is 0 Å². The highest BCUT2D eigenvalue weighted by Crippen LogP contribution is 2.35. The van der Waals surface area contributed by atoms with E-state index in [1.807, 2.05) is 0 Å². The number of halogens is 2. The summed E-state index contributed by atoms with van der Waals surface area (Å²) in [6.45, 7) is 0.776. The van der Waals surface area contributed by atoms with Crippen LogP contribution in [-0.2, 0) is 14.4 Å². The summed E-state index contributed by atoms with van der Waals surface area (Å²) in [5.41, 5.74) is 1.12. The zero-order valence-electron chi connectivity index (χ0n) is 20.5. The predicted molar refractivity (Wildman–Crippen MR) is 149 cm³/mol. The Labute approximate surface area is 237 Å². The molecule has 0 atom stereocenters. The molecule has 2 aromatic rings. The van der Waals surface area contributed by atoms with E-state index in [2.05, 4.69) is 21.2 Å². The number of benzene rings is 2. The summed E-state index contributed by atoms with van der Waals surface area (Å²) < 4.78 is 11.7. The van der Waals surface area contributed by atoms with Gasteiger partial charge in [-0.05, 0) is 88.9 Å². The number of hydrogen-bond donors (Lipinski definition) is 1. The van der Waals surface area contributed by atoms with Crippen molar-refractivity contribution in [2.75, 3.05) is 38.7 Å². The maximum Gasteiger partial charge on any atom is 0.294 e. The van der Waals surface area contributed by atoms with Crippen LogP contribution < -0.4 is 14.8 Å². The minimum Gasteiger partial charge on any atom is -0.493 e. The minimum atomic E-state index is -0.505. The molecule has 0 unspecified atom stereocenters. The van der Waals surface area contributed by atoms with Crippen molar-refractivity contribution in [1.82, 2.24) is 9.80 Å². The molecule has 2 aliphatic heterocycles. The van der Waals surface area contributed by atoms with Crippen LogP contribution in [0.3, 0.4) is 0 Å². The first-order valence-electron chi connectivity index (χ1n) is 11.8. The van der Waals surface area contributed by atoms with Crippen LogP contribution in [0.5, 0.6) is 11.5 Å². The molecule has 38 heavy (non-hydrogen) atoms. The largest absolute Gasteiger partial charge is 0.493 e. The summed E-state index contributed by atoms with van der Waals surface area (Å²) in [5.74, 6) is -0.438. The number of imide groups is 1. The molecule has 2 heterocycles. The van der Waals surface area contributed by atoms with Crippen LogP contribution in [0.2, 0.25) is 5.02 Å². The Morgan fingerprint density at radius 2 is 1.87 bits per heavy atom. The van der Waals surface area contributed by atoms with Crippen molar-refractivity contribution in [1.29, 1.82) is 0 Å². The van der Waals surface area contributed by atoms with E-state index in [0.717, 1.165) is 35.9 Å². The normalized spacial score (nSPS) is 16.7. The molecule has 2 aliphatic rings. The third-order valence-corrected chi connectivity index (χ3v) is 8.06. The summed E-state index contributed by atoms with van der Waals surface area (Å²) in [7, 11) is 1.45. The molecule has 2 aromatic carbocycles. The fourth-order valence-electron chi connectivity index (χ4n) is 3.97. The van der Waals surface area contributed by atoms with Gasteiger partial charge in [0.1, 0.15) is 6.54 Å². The first-order chi connectivity index (χ1) is 18.2. The van der Waals surface area contributed by atoms with Crippen LogP contribution in [0.25, 0.3) is 6.08 Å². The lowest BCUT2D eigenvalue weighted by Gasteiger charge is -2.27. The second-order valence-corrected chi connectivity index (χ2v) is 10.8. The second kappa shape index (κ2) is 12.7. The number of amides is 4. The van der Waals surface area contributed by atoms with Gasteiger partial charge in [0, 0.05) is 23.2 Å². The Morgan fingerprint density at radius 1 is 1.11 bits per heavy atom. The highest BCUT2D eigenvalue weighted by atomic mass is 79.9. The topological polar surface area (TPSA) is 105 Å². The average molecular weight is 623 g/mol. The second-order valence-electron chi connectivity index (χ2n) is 8.59. The molecule has 0 aliphatic carbocycles. The number of nitrogens with zero attached hydrogens (tertiary/aromatic N) is 2. The number of hydrogen-bond acceptors (Lipinski definition) is 7. The molecule has 0 bridgehead atoms. The van der Waals surface area contributed by atoms with Gasteiger partial charge in [-0.15, -0.1) is 0 Å². The lowest BCUT2D eigenvalue weighted by atomic mass is 10.1. The molecule has 9 nitrogen and oxygen atoms in total. The maximum absolute atomic E-state index is 12.9. The minimum absolute atomic E-state index is 0.213. The van der Waals surface area contributed by atoms with Gasteiger partial charge in [0.15, 0.2) is 18.1 Å². The summed E-state index contributed by atoms with van der Waals surface area (Å²) in [6.07, 6.45) is 4.50. The van der Waals surface area contributed by atoms with Crippen LogP contribution in [0.1, 0.15) is 24.8 Å². The van der Waals surface area contributed by atoms with Crippen molar-refractivity contribution < 1.29 is 28.7 Å². The Morgan fingerprint density at radius 3 is 2.58 bits per heavy atom. The molecule has 0 radical (unpaired) electrons. The van der Waals surface area contributed by atoms with Gasteiger partial charge in [-0.3, -0.25) is 24.1 Å². The molecule has 2 fully saturated rings. The van der Waals surface area contributed by atoms with Crippen molar-refractivity contribution in [3.63, 3.8) is 0 Å². The van der Waals surface area contributed by atoms with Crippen LogP contribution in [0.15, 0.2) is 45.8 Å². The first kappa shape index (κ1) is 28.0. The lowest BCUT2D eigenvalue weighted by molar-refractivity contribution is -0.136. The smallest absolute Gasteiger partial charge is 0.294 e. The molecular formula is C26H25BrClN3O6S. The number of anilines is 1. The number of piperidine rings is 1. The summed E-state index contributed by atoms with van der Waals surface area (Å²) >= 11 is 10.1. The quantitative estimate of drug-likeness (QED) is 0.405. The van der Waals surface area contributed by atoms with E-state index in [-0.39, 0.29) is 29.9 Å². The lowest BCUT2D eigenvalue weighted by Crippen LogP contribution is -2.44. The van der Waals surface area contributed by atoms with E-state index in [1.165, 1.54) is 7.11 Å². The monoisotopic (exact) mass is 621 g/mol. The number of nitrogens with one attached hydrogen (secondary N) is 1. The van der Waals surface area contributed by atoms with E-state index < -0.39 is 11.1 Å². The molecular weight excluding hydrogens is 598 g/mol. The molecule has 4 amide bonds. The third kappa shape index (κ3) is 6.89. The van der Waals surface area contributed by atoms with Gasteiger partial charge in [0.05, 0.1) is 17.0 Å². The van der Waals surface area contributed by atoms with E-state index >= 15 is 0 Å². The molecule has 12 heteroatoms. The van der Waals surface area contributed by atoms with E-state index in [4.69, 9.17) is 21.1 Å². The van der Waals surface area contributed by atoms with E-state index in [1.54, 1.807) is 47.4 Å². The van der Waals surface area contributed by atoms with Crippen LogP contribution >= 0.6 is 39.3 Å². The Kier molecular flexibility index (Phi) is 9.35. The van der Waals surface area contributed by atoms with E-state index in [9.17, 15) is 19.2 Å². The zero-order chi connectivity index (χ0) is 27.2. The van der Waals surface area contributed by atoms with Crippen molar-refractivity contribution in [2.45, 2.75) is 19.3 Å². The maximum atomic E-state index is 12.9. The van der Waals surface area contributed by atoms with Crippen molar-refractivity contribution in [3.05, 3.63) is 56.4 Å². The van der Waals surface area contributed by atoms with Crippen molar-refractivity contribution in [3.8, 4) is 11.5 Å². The molecule has 0 aromatic heterocycles. The summed E-state index contributed by atoms with van der Waals surface area (Å²) in [5, 5.41) is 2.69. The molecule has 0 saturated carbocycles. The van der Waals surface area contributed by atoms with Gasteiger partial charge in [0.25, 0.3) is 17.1 Å². The number of ether oxygens (including phenoxy) is 2. The van der Waals surface area contributed by atoms with Crippen molar-refractivity contribution in [2.24, 2.45) is 0 Å². The number of rotatable bonds is 8. The summed E-state index contributed by atoms with van der Waals surface area (Å²) in [6, 6.07) is 9.96. The van der Waals surface area contributed by atoms with E-state index in [0.29, 0.717) is 45.3 Å². The van der Waals surface area contributed by atoms with Gasteiger partial charge in [-0.25, -0.2) is 0 Å². The number of carbonyl (C=O) groups is 4. The fraction of sp³-hybridized carbons (Fsp3) is 0.308. The van der Waals surface area contributed by atoms with Gasteiger partial charge < -0.3 is 19.7 Å². The Hall–Kier alpha value is -3.02. The highest BCUT2D eigenvalue weighted by molar-refractivity contribution is 9.10. The van der Waals surface area contributed by atoms with Crippen LogP contribution in [0, 0.1) is 0 Å². The standard InChI is InChI=1S/C26H25BrClN3O6S/c1-36-21-11-16(5-8-20(21)37-15-23(32)29-17-6-7-18(27)19(28)13-17)12-22-25(34)31(26(35)38-22)14-24(33)30-9-3-2-4-10-30/h5-8,11-13H,2-4,9-10,14-15H2,1H3,(H,29,32)/b22-12+. The molecule has 200 valence electrons. The predicted octanol–water partition coefficient (Wildman–Crippen LogP) is 5.18. The zero-order valence-corrected chi connectivity index (χ0v) is 23.7. The van der Waals surface area contributed by atoms with Crippen LogP contribution in [0.4, 0.5) is 10.5 Å². The highest BCUT2D eigenvalue weighted by Gasteiger charge is 2.37. The Bertz CT molecular complexity index is 1300. The van der Waals surface area contributed by atoms with Gasteiger partial charge in [-0.1, -0.05) is 17.7 Å². The number of methoxy groups -OCH3 is 1. The fourth-order valence-corrected chi connectivity index (χ4v) is 5.24. The SMILES string of the molecule is COc1cc(/C=C2/SC(=O)N(CC(=O)N3CCCCC3)C2=O)ccc1OCC(=O)Nc1ccc(Br)c(Cl)c1. The third-order valence-electron chi connectivity index (χ3n) is 5.92. The van der Waals surface area contributed by atoms with Crippen LogP contribution in [-0.4, -0.2) is 66.1 Å². The number of carbonyl (C=O) groups excluding carboxylic acids is 4. The van der Waals surface area contributed by atoms with Gasteiger partial charge in [0.2, 0.25) is 5.91 Å². The average Bonchev–Trinajstić information content (AvgIpc) is 3.17. The first-order valence-corrected chi connectivity index (χ1v) is 13.8. The number of likely N-dealkylation sites (tertiary alicyclic amines) is 1. The summed E-state index contributed by atoms with van der Waals surface area (Å²) in [4.78, 5) is 53.1. The van der Waals surface area contributed by atoms with Crippen molar-refractivity contribution >= 4 is 74.0 Å².